The van der Waals surface area contributed by atoms with Crippen molar-refractivity contribution < 1.29 is 0 Å². The Balaban J connectivity index is 3.12. The molecule has 0 amide bonds. The van der Waals surface area contributed by atoms with Crippen LogP contribution in [0.15, 0.2) is 29.8 Å². The van der Waals surface area contributed by atoms with Gasteiger partial charge in [0.05, 0.1) is 0 Å². The van der Waals surface area contributed by atoms with Gasteiger partial charge in [0.25, 0.3) is 0 Å². The van der Waals surface area contributed by atoms with Crippen molar-refractivity contribution >= 4 is 6.08 Å². The van der Waals surface area contributed by atoms with Crippen molar-refractivity contribution in [2.75, 3.05) is 0 Å². The molecule has 0 N–H and O–H groups in total. The van der Waals surface area contributed by atoms with Crippen LogP contribution in [0.3, 0.4) is 0 Å². The SMILES string of the molecule is CC(C)=Cc1ccccc1C(C)C. The Kier molecular flexibility index (Phi) is 3.30. The average molecular weight is 174 g/mol. The van der Waals surface area contributed by atoms with Gasteiger partial charge in [-0.3, -0.25) is 0 Å². The second-order valence-corrected chi connectivity index (χ2v) is 4.01. The first-order chi connectivity index (χ1) is 6.11. The fourth-order valence-corrected chi connectivity index (χ4v) is 1.48. The maximum Gasteiger partial charge on any atom is -0.0213 e. The molecule has 1 aromatic rings. The van der Waals surface area contributed by atoms with E-state index < -0.39 is 0 Å². The van der Waals surface area contributed by atoms with E-state index in [1.54, 1.807) is 0 Å². The van der Waals surface area contributed by atoms with Crippen LogP contribution in [-0.4, -0.2) is 0 Å². The standard InChI is InChI=1S/C13H18/c1-10(2)9-12-7-5-6-8-13(12)11(3)4/h5-9,11H,1-4H3. The van der Waals surface area contributed by atoms with E-state index in [0.717, 1.165) is 0 Å². The molecule has 0 atom stereocenters. The van der Waals surface area contributed by atoms with Gasteiger partial charge in [0, 0.05) is 0 Å². The van der Waals surface area contributed by atoms with Gasteiger partial charge in [-0.25, -0.2) is 0 Å². The topological polar surface area (TPSA) is 0 Å². The minimum absolute atomic E-state index is 0.604. The Morgan fingerprint density at radius 1 is 1.15 bits per heavy atom. The fourth-order valence-electron chi connectivity index (χ4n) is 1.48. The highest BCUT2D eigenvalue weighted by atomic mass is 14.1. The molecule has 0 saturated heterocycles. The first-order valence-electron chi connectivity index (χ1n) is 4.85. The van der Waals surface area contributed by atoms with Gasteiger partial charge in [-0.05, 0) is 30.9 Å². The van der Waals surface area contributed by atoms with E-state index >= 15 is 0 Å². The van der Waals surface area contributed by atoms with Crippen LogP contribution < -0.4 is 0 Å². The molecule has 0 aliphatic carbocycles. The summed E-state index contributed by atoms with van der Waals surface area (Å²) in [5, 5.41) is 0. The summed E-state index contributed by atoms with van der Waals surface area (Å²) in [7, 11) is 0. The molecule has 0 aliphatic heterocycles. The highest BCUT2D eigenvalue weighted by molar-refractivity contribution is 5.56. The third-order valence-corrected chi connectivity index (χ3v) is 2.06. The number of rotatable bonds is 2. The zero-order valence-corrected chi connectivity index (χ0v) is 8.96. The molecular formula is C13H18. The maximum atomic E-state index is 2.25. The maximum absolute atomic E-state index is 2.25. The molecule has 0 aromatic heterocycles. The van der Waals surface area contributed by atoms with Gasteiger partial charge in [0.2, 0.25) is 0 Å². The molecule has 1 rings (SSSR count). The highest BCUT2D eigenvalue weighted by Crippen LogP contribution is 2.21. The van der Waals surface area contributed by atoms with Crippen molar-refractivity contribution in [1.82, 2.24) is 0 Å². The molecule has 1 aromatic carbocycles. The summed E-state index contributed by atoms with van der Waals surface area (Å²) in [5.74, 6) is 0.604. The van der Waals surface area contributed by atoms with Gasteiger partial charge in [-0.15, -0.1) is 0 Å². The van der Waals surface area contributed by atoms with Crippen LogP contribution >= 0.6 is 0 Å². The lowest BCUT2D eigenvalue weighted by atomic mass is 9.96. The van der Waals surface area contributed by atoms with Crippen molar-refractivity contribution in [2.24, 2.45) is 0 Å². The Labute approximate surface area is 81.3 Å². The fraction of sp³-hybridized carbons (Fsp3) is 0.385. The molecule has 0 bridgehead atoms. The van der Waals surface area contributed by atoms with Gasteiger partial charge in [0.1, 0.15) is 0 Å². The van der Waals surface area contributed by atoms with Crippen LogP contribution in [0, 0.1) is 0 Å². The Hall–Kier alpha value is -1.04. The molecule has 0 aliphatic rings. The van der Waals surface area contributed by atoms with Crippen LogP contribution in [0.4, 0.5) is 0 Å². The van der Waals surface area contributed by atoms with Gasteiger partial charge in [-0.2, -0.15) is 0 Å². The smallest absolute Gasteiger partial charge is 0.0213 e. The van der Waals surface area contributed by atoms with E-state index in [-0.39, 0.29) is 0 Å². The molecule has 0 unspecified atom stereocenters. The minimum Gasteiger partial charge on any atom is -0.0758 e. The first kappa shape index (κ1) is 10.0. The van der Waals surface area contributed by atoms with E-state index in [2.05, 4.69) is 58.0 Å². The van der Waals surface area contributed by atoms with Crippen LogP contribution in [0.1, 0.15) is 44.7 Å². The average Bonchev–Trinajstić information content (AvgIpc) is 2.03. The second-order valence-electron chi connectivity index (χ2n) is 4.01. The number of benzene rings is 1. The van der Waals surface area contributed by atoms with Crippen molar-refractivity contribution in [3.8, 4) is 0 Å². The van der Waals surface area contributed by atoms with Crippen LogP contribution in [0.2, 0.25) is 0 Å². The first-order valence-corrected chi connectivity index (χ1v) is 4.85. The molecule has 0 radical (unpaired) electrons. The monoisotopic (exact) mass is 174 g/mol. The van der Waals surface area contributed by atoms with E-state index in [1.165, 1.54) is 16.7 Å². The molecule has 0 heteroatoms. The highest BCUT2D eigenvalue weighted by Gasteiger charge is 2.02. The largest absolute Gasteiger partial charge is 0.0758 e. The predicted octanol–water partition coefficient (Wildman–Crippen LogP) is 4.23. The van der Waals surface area contributed by atoms with Crippen LogP contribution in [0.25, 0.3) is 6.08 Å². The molecule has 0 fully saturated rings. The Bertz CT molecular complexity index is 302. The summed E-state index contributed by atoms with van der Waals surface area (Å²) in [4.78, 5) is 0. The zero-order valence-electron chi connectivity index (χ0n) is 8.96. The summed E-state index contributed by atoms with van der Waals surface area (Å²) in [6, 6.07) is 8.60. The van der Waals surface area contributed by atoms with E-state index in [9.17, 15) is 0 Å². The number of hydrogen-bond acceptors (Lipinski definition) is 0. The second kappa shape index (κ2) is 4.27. The van der Waals surface area contributed by atoms with Crippen LogP contribution in [0.5, 0.6) is 0 Å². The number of hydrogen-bond donors (Lipinski definition) is 0. The summed E-state index contributed by atoms with van der Waals surface area (Å²) >= 11 is 0. The molecule has 70 valence electrons. The quantitative estimate of drug-likeness (QED) is 0.629. The normalized spacial score (nSPS) is 10.2. The third-order valence-electron chi connectivity index (χ3n) is 2.06. The number of allylic oxidation sites excluding steroid dienone is 1. The van der Waals surface area contributed by atoms with Crippen molar-refractivity contribution in [3.05, 3.63) is 41.0 Å². The van der Waals surface area contributed by atoms with Crippen molar-refractivity contribution in [1.29, 1.82) is 0 Å². The molecule has 13 heavy (non-hydrogen) atoms. The Morgan fingerprint density at radius 2 is 1.77 bits per heavy atom. The third kappa shape index (κ3) is 2.73. The molecule has 0 saturated carbocycles. The minimum atomic E-state index is 0.604. The van der Waals surface area contributed by atoms with Crippen LogP contribution in [-0.2, 0) is 0 Å². The van der Waals surface area contributed by atoms with E-state index in [4.69, 9.17) is 0 Å². The van der Waals surface area contributed by atoms with Gasteiger partial charge >= 0.3 is 0 Å². The van der Waals surface area contributed by atoms with E-state index in [1.807, 2.05) is 0 Å². The van der Waals surface area contributed by atoms with E-state index in [0.29, 0.717) is 5.92 Å². The Morgan fingerprint density at radius 3 is 2.31 bits per heavy atom. The van der Waals surface area contributed by atoms with Crippen molar-refractivity contribution in [2.45, 2.75) is 33.6 Å². The molecular weight excluding hydrogens is 156 g/mol. The summed E-state index contributed by atoms with van der Waals surface area (Å²) in [6.45, 7) is 8.74. The van der Waals surface area contributed by atoms with Gasteiger partial charge in [0.15, 0.2) is 0 Å². The van der Waals surface area contributed by atoms with Gasteiger partial charge in [-0.1, -0.05) is 49.8 Å². The zero-order chi connectivity index (χ0) is 9.84. The lowest BCUT2D eigenvalue weighted by molar-refractivity contribution is 0.864. The molecule has 0 nitrogen and oxygen atoms in total. The summed E-state index contributed by atoms with van der Waals surface area (Å²) < 4.78 is 0. The predicted molar refractivity (Wildman–Crippen MR) is 59.9 cm³/mol. The van der Waals surface area contributed by atoms with Gasteiger partial charge < -0.3 is 0 Å². The molecule has 0 spiro atoms. The van der Waals surface area contributed by atoms with Crippen molar-refractivity contribution in [3.63, 3.8) is 0 Å². The lowest BCUT2D eigenvalue weighted by Gasteiger charge is -2.09. The lowest BCUT2D eigenvalue weighted by Crippen LogP contribution is -1.90. The summed E-state index contributed by atoms with van der Waals surface area (Å²) in [5.41, 5.74) is 4.15. The summed E-state index contributed by atoms with van der Waals surface area (Å²) in [6.07, 6.45) is 2.25. The molecule has 0 heterocycles.